The zero-order valence-corrected chi connectivity index (χ0v) is 7.14. The van der Waals surface area contributed by atoms with E-state index in [0.29, 0.717) is 10.9 Å². The van der Waals surface area contributed by atoms with Gasteiger partial charge in [-0.3, -0.25) is 4.79 Å². The lowest BCUT2D eigenvalue weighted by molar-refractivity contribution is -0.0414. The molecular weight excluding hydrogens is 184 g/mol. The van der Waals surface area contributed by atoms with Crippen molar-refractivity contribution in [2.24, 2.45) is 0 Å². The van der Waals surface area contributed by atoms with Gasteiger partial charge in [0.25, 0.3) is 5.56 Å². The van der Waals surface area contributed by atoms with E-state index in [-0.39, 0.29) is 11.1 Å². The highest BCUT2D eigenvalue weighted by Crippen LogP contribution is 2.17. The predicted molar refractivity (Wildman–Crippen MR) is 49.5 cm³/mol. The maximum atomic E-state index is 11.3. The normalized spacial score (nSPS) is 11.1. The van der Waals surface area contributed by atoms with Crippen molar-refractivity contribution in [2.45, 2.75) is 6.29 Å². The minimum absolute atomic E-state index is 0.230. The fourth-order valence-corrected chi connectivity index (χ4v) is 1.33. The highest BCUT2D eigenvalue weighted by Gasteiger charge is 2.09. The van der Waals surface area contributed by atoms with Crippen LogP contribution in [0.25, 0.3) is 10.9 Å². The van der Waals surface area contributed by atoms with E-state index in [1.807, 2.05) is 0 Å². The highest BCUT2D eigenvalue weighted by atomic mass is 16.5. The van der Waals surface area contributed by atoms with Gasteiger partial charge in [-0.15, -0.1) is 0 Å². The zero-order valence-electron chi connectivity index (χ0n) is 7.14. The molecule has 0 spiro atoms. The van der Waals surface area contributed by atoms with E-state index in [1.54, 1.807) is 12.1 Å². The number of hydrogen-bond donors (Lipinski definition) is 3. The molecule has 0 aliphatic carbocycles. The van der Waals surface area contributed by atoms with Crippen LogP contribution in [0, 0.1) is 0 Å². The van der Waals surface area contributed by atoms with Crippen LogP contribution in [0.5, 0.6) is 0 Å². The Labute approximate surface area is 78.7 Å². The quantitative estimate of drug-likeness (QED) is 0.551. The summed E-state index contributed by atoms with van der Waals surface area (Å²) in [5, 5.41) is 18.4. The monoisotopic (exact) mass is 192 g/mol. The van der Waals surface area contributed by atoms with Crippen LogP contribution in [0.1, 0.15) is 11.9 Å². The van der Waals surface area contributed by atoms with E-state index >= 15 is 0 Å². The first-order chi connectivity index (χ1) is 6.70. The average Bonchev–Trinajstić information content (AvgIpc) is 2.17. The SMILES string of the molecule is O=c1[nH]cnc2c(C(O)O)cccc12. The van der Waals surface area contributed by atoms with Crippen molar-refractivity contribution in [3.63, 3.8) is 0 Å². The summed E-state index contributed by atoms with van der Waals surface area (Å²) in [6.45, 7) is 0. The Kier molecular flexibility index (Phi) is 2.03. The maximum Gasteiger partial charge on any atom is 0.258 e. The molecule has 2 aromatic rings. The number of fused-ring (bicyclic) bond motifs is 1. The van der Waals surface area contributed by atoms with Gasteiger partial charge in [0.05, 0.1) is 17.2 Å². The molecule has 0 fully saturated rings. The van der Waals surface area contributed by atoms with E-state index in [2.05, 4.69) is 9.97 Å². The first-order valence-corrected chi connectivity index (χ1v) is 4.02. The summed E-state index contributed by atoms with van der Waals surface area (Å²) in [4.78, 5) is 17.6. The van der Waals surface area contributed by atoms with Crippen LogP contribution in [0.15, 0.2) is 29.3 Å². The van der Waals surface area contributed by atoms with Gasteiger partial charge in [-0.05, 0) is 6.07 Å². The van der Waals surface area contributed by atoms with Crippen LogP contribution in [-0.2, 0) is 0 Å². The second-order valence-electron chi connectivity index (χ2n) is 2.85. The van der Waals surface area contributed by atoms with Crippen molar-refractivity contribution in [2.75, 3.05) is 0 Å². The van der Waals surface area contributed by atoms with E-state index < -0.39 is 6.29 Å². The smallest absolute Gasteiger partial charge is 0.258 e. The minimum Gasteiger partial charge on any atom is -0.364 e. The number of aromatic nitrogens is 2. The molecule has 0 unspecified atom stereocenters. The molecule has 0 radical (unpaired) electrons. The second-order valence-corrected chi connectivity index (χ2v) is 2.85. The third-order valence-corrected chi connectivity index (χ3v) is 1.98. The van der Waals surface area contributed by atoms with Gasteiger partial charge in [0.1, 0.15) is 0 Å². The Hall–Kier alpha value is -1.72. The molecule has 1 aromatic carbocycles. The number of nitrogens with one attached hydrogen (secondary N) is 1. The zero-order chi connectivity index (χ0) is 10.1. The molecule has 72 valence electrons. The van der Waals surface area contributed by atoms with E-state index in [4.69, 9.17) is 10.2 Å². The molecule has 0 amide bonds. The first kappa shape index (κ1) is 8.86. The second kappa shape index (κ2) is 3.21. The van der Waals surface area contributed by atoms with Gasteiger partial charge in [-0.1, -0.05) is 12.1 Å². The summed E-state index contributed by atoms with van der Waals surface area (Å²) in [6, 6.07) is 4.67. The number of nitrogens with zero attached hydrogens (tertiary/aromatic N) is 1. The molecule has 0 aliphatic rings. The molecule has 1 aromatic heterocycles. The van der Waals surface area contributed by atoms with Gasteiger partial charge in [-0.25, -0.2) is 4.98 Å². The molecule has 2 rings (SSSR count). The third-order valence-electron chi connectivity index (χ3n) is 1.98. The molecule has 1 heterocycles. The Morgan fingerprint density at radius 2 is 2.14 bits per heavy atom. The molecule has 0 atom stereocenters. The largest absolute Gasteiger partial charge is 0.364 e. The standard InChI is InChI=1S/C9H8N2O3/c12-8-5-2-1-3-6(9(13)14)7(5)10-4-11-8/h1-4,9,13-14H,(H,10,11,12). The first-order valence-electron chi connectivity index (χ1n) is 4.02. The third kappa shape index (κ3) is 1.28. The highest BCUT2D eigenvalue weighted by molar-refractivity contribution is 5.80. The Morgan fingerprint density at radius 1 is 1.36 bits per heavy atom. The van der Waals surface area contributed by atoms with Gasteiger partial charge in [0, 0.05) is 5.56 Å². The number of aromatic amines is 1. The van der Waals surface area contributed by atoms with E-state index in [0.717, 1.165) is 0 Å². The number of benzene rings is 1. The van der Waals surface area contributed by atoms with Crippen LogP contribution in [-0.4, -0.2) is 20.2 Å². The number of hydrogen-bond acceptors (Lipinski definition) is 4. The van der Waals surface area contributed by atoms with Crippen molar-refractivity contribution in [3.8, 4) is 0 Å². The van der Waals surface area contributed by atoms with E-state index in [9.17, 15) is 4.79 Å². The van der Waals surface area contributed by atoms with Gasteiger partial charge in [0.15, 0.2) is 6.29 Å². The van der Waals surface area contributed by atoms with Crippen molar-refractivity contribution >= 4 is 10.9 Å². The number of aliphatic hydroxyl groups is 2. The molecule has 0 saturated carbocycles. The molecule has 5 heteroatoms. The minimum atomic E-state index is -1.62. The summed E-state index contributed by atoms with van der Waals surface area (Å²) in [5.41, 5.74) is 0.248. The molecule has 3 N–H and O–H groups in total. The lowest BCUT2D eigenvalue weighted by atomic mass is 10.1. The fourth-order valence-electron chi connectivity index (χ4n) is 1.33. The van der Waals surface area contributed by atoms with E-state index in [1.165, 1.54) is 12.4 Å². The summed E-state index contributed by atoms with van der Waals surface area (Å²) in [5.74, 6) is 0. The molecule has 14 heavy (non-hydrogen) atoms. The van der Waals surface area contributed by atoms with Crippen LogP contribution in [0.2, 0.25) is 0 Å². The van der Waals surface area contributed by atoms with Gasteiger partial charge in [-0.2, -0.15) is 0 Å². The number of rotatable bonds is 1. The van der Waals surface area contributed by atoms with Crippen LogP contribution in [0.4, 0.5) is 0 Å². The topological polar surface area (TPSA) is 86.2 Å². The van der Waals surface area contributed by atoms with Gasteiger partial charge >= 0.3 is 0 Å². The lowest BCUT2D eigenvalue weighted by Crippen LogP contribution is -2.08. The van der Waals surface area contributed by atoms with Crippen molar-refractivity contribution in [1.29, 1.82) is 0 Å². The summed E-state index contributed by atoms with van der Waals surface area (Å²) in [7, 11) is 0. The Bertz CT molecular complexity index is 519. The molecule has 0 bridgehead atoms. The molecular formula is C9H8N2O3. The molecule has 0 saturated heterocycles. The summed E-state index contributed by atoms with van der Waals surface area (Å²) in [6.07, 6.45) is -0.385. The molecule has 5 nitrogen and oxygen atoms in total. The lowest BCUT2D eigenvalue weighted by Gasteiger charge is -2.05. The number of aliphatic hydroxyl groups excluding tert-OH is 1. The van der Waals surface area contributed by atoms with Crippen molar-refractivity contribution in [3.05, 3.63) is 40.4 Å². The van der Waals surface area contributed by atoms with Crippen LogP contribution >= 0.6 is 0 Å². The Morgan fingerprint density at radius 3 is 2.86 bits per heavy atom. The molecule has 0 aliphatic heterocycles. The van der Waals surface area contributed by atoms with Crippen LogP contribution in [0.3, 0.4) is 0 Å². The van der Waals surface area contributed by atoms with Gasteiger partial charge in [0.2, 0.25) is 0 Å². The maximum absolute atomic E-state index is 11.3. The Balaban J connectivity index is 2.88. The van der Waals surface area contributed by atoms with Crippen LogP contribution < -0.4 is 5.56 Å². The summed E-state index contributed by atoms with van der Waals surface area (Å²) >= 11 is 0. The summed E-state index contributed by atoms with van der Waals surface area (Å²) < 4.78 is 0. The number of H-pyrrole nitrogens is 1. The van der Waals surface area contributed by atoms with Crippen molar-refractivity contribution < 1.29 is 10.2 Å². The van der Waals surface area contributed by atoms with Crippen molar-refractivity contribution in [1.82, 2.24) is 9.97 Å². The number of para-hydroxylation sites is 1. The fraction of sp³-hybridized carbons (Fsp3) is 0.111. The van der Waals surface area contributed by atoms with Gasteiger partial charge < -0.3 is 15.2 Å². The predicted octanol–water partition coefficient (Wildman–Crippen LogP) is -0.0937. The average molecular weight is 192 g/mol.